The van der Waals surface area contributed by atoms with Crippen molar-refractivity contribution in [2.24, 2.45) is 5.10 Å². The summed E-state index contributed by atoms with van der Waals surface area (Å²) in [6.45, 7) is 2.57. The second kappa shape index (κ2) is 8.94. The number of methoxy groups -OCH3 is 1. The predicted octanol–water partition coefficient (Wildman–Crippen LogP) is 3.61. The van der Waals surface area contributed by atoms with Gasteiger partial charge in [-0.15, -0.1) is 0 Å². The van der Waals surface area contributed by atoms with Crippen molar-refractivity contribution in [1.82, 2.24) is 5.43 Å². The van der Waals surface area contributed by atoms with Crippen LogP contribution in [0.15, 0.2) is 41.5 Å². The molecule has 0 saturated carbocycles. The molecular formula is C18H19ClN2O4. The van der Waals surface area contributed by atoms with Crippen LogP contribution in [0.1, 0.15) is 29.3 Å². The van der Waals surface area contributed by atoms with E-state index in [1.54, 1.807) is 24.3 Å². The number of amides is 1. The molecule has 0 aliphatic heterocycles. The number of carbonyl (C=O) groups is 1. The molecule has 0 spiro atoms. The van der Waals surface area contributed by atoms with Gasteiger partial charge in [0.15, 0.2) is 11.5 Å². The van der Waals surface area contributed by atoms with Crippen molar-refractivity contribution < 1.29 is 19.4 Å². The molecule has 0 fully saturated rings. The van der Waals surface area contributed by atoms with Crippen LogP contribution in [0.2, 0.25) is 5.02 Å². The zero-order valence-corrected chi connectivity index (χ0v) is 14.7. The first-order valence-corrected chi connectivity index (χ1v) is 8.05. The Kier molecular flexibility index (Phi) is 6.65. The quantitative estimate of drug-likeness (QED) is 0.582. The number of nitrogens with zero attached hydrogens (tertiary/aromatic N) is 1. The third-order valence-corrected chi connectivity index (χ3v) is 3.48. The van der Waals surface area contributed by atoms with Gasteiger partial charge in [-0.05, 0) is 42.8 Å². The van der Waals surface area contributed by atoms with E-state index >= 15 is 0 Å². The van der Waals surface area contributed by atoms with Crippen molar-refractivity contribution in [2.75, 3.05) is 13.7 Å². The van der Waals surface area contributed by atoms with Crippen molar-refractivity contribution in [2.45, 2.75) is 13.3 Å². The van der Waals surface area contributed by atoms with Crippen LogP contribution in [0.25, 0.3) is 0 Å². The van der Waals surface area contributed by atoms with E-state index < -0.39 is 5.91 Å². The van der Waals surface area contributed by atoms with Crippen molar-refractivity contribution in [3.63, 3.8) is 0 Å². The minimum absolute atomic E-state index is 0.0153. The molecule has 0 atom stereocenters. The van der Waals surface area contributed by atoms with Crippen LogP contribution >= 0.6 is 11.6 Å². The Morgan fingerprint density at radius 1 is 1.28 bits per heavy atom. The number of benzene rings is 2. The zero-order chi connectivity index (χ0) is 18.2. The van der Waals surface area contributed by atoms with Gasteiger partial charge in [-0.1, -0.05) is 18.5 Å². The summed E-state index contributed by atoms with van der Waals surface area (Å²) in [4.78, 5) is 12.2. The summed E-state index contributed by atoms with van der Waals surface area (Å²) in [6, 6.07) is 9.42. The SMILES string of the molecule is CCCOc1ccc(C(=O)N/N=C/c2cc(Cl)ccc2O)cc1OC. The average molecular weight is 363 g/mol. The Balaban J connectivity index is 2.07. The molecule has 2 aromatic carbocycles. The van der Waals surface area contributed by atoms with Crippen molar-refractivity contribution in [1.29, 1.82) is 0 Å². The van der Waals surface area contributed by atoms with Crippen LogP contribution in [0.4, 0.5) is 0 Å². The standard InChI is InChI=1S/C18H19ClN2O4/c1-3-8-25-16-7-4-12(10-17(16)24-2)18(23)21-20-11-13-9-14(19)5-6-15(13)22/h4-7,9-11,22H,3,8H2,1-2H3,(H,21,23)/b20-11+. The number of aromatic hydroxyl groups is 1. The molecule has 6 nitrogen and oxygen atoms in total. The van der Waals surface area contributed by atoms with Crippen LogP contribution in [-0.4, -0.2) is 30.9 Å². The van der Waals surface area contributed by atoms with Gasteiger partial charge in [-0.25, -0.2) is 5.43 Å². The molecule has 0 aliphatic rings. The van der Waals surface area contributed by atoms with E-state index in [1.165, 1.54) is 25.5 Å². The molecule has 0 heterocycles. The minimum Gasteiger partial charge on any atom is -0.507 e. The average Bonchev–Trinajstić information content (AvgIpc) is 2.62. The molecule has 0 saturated heterocycles. The Bertz CT molecular complexity index is 778. The number of ether oxygens (including phenoxy) is 2. The van der Waals surface area contributed by atoms with Gasteiger partial charge in [-0.3, -0.25) is 4.79 Å². The maximum absolute atomic E-state index is 12.2. The van der Waals surface area contributed by atoms with Gasteiger partial charge >= 0.3 is 0 Å². The summed E-state index contributed by atoms with van der Waals surface area (Å²) in [7, 11) is 1.51. The largest absolute Gasteiger partial charge is 0.507 e. The maximum atomic E-state index is 12.2. The number of halogens is 1. The van der Waals surface area contributed by atoms with Gasteiger partial charge in [-0.2, -0.15) is 5.10 Å². The van der Waals surface area contributed by atoms with E-state index in [0.717, 1.165) is 6.42 Å². The van der Waals surface area contributed by atoms with Gasteiger partial charge in [0, 0.05) is 16.1 Å². The Morgan fingerprint density at radius 2 is 2.08 bits per heavy atom. The predicted molar refractivity (Wildman–Crippen MR) is 97.0 cm³/mol. The molecule has 2 N–H and O–H groups in total. The highest BCUT2D eigenvalue weighted by Gasteiger charge is 2.10. The highest BCUT2D eigenvalue weighted by Crippen LogP contribution is 2.28. The van der Waals surface area contributed by atoms with E-state index in [9.17, 15) is 9.90 Å². The van der Waals surface area contributed by atoms with Crippen LogP contribution in [0, 0.1) is 0 Å². The molecule has 132 valence electrons. The molecule has 0 radical (unpaired) electrons. The number of hydrogen-bond acceptors (Lipinski definition) is 5. The van der Waals surface area contributed by atoms with Gasteiger partial charge in [0.25, 0.3) is 5.91 Å². The third-order valence-electron chi connectivity index (χ3n) is 3.25. The molecule has 0 aromatic heterocycles. The van der Waals surface area contributed by atoms with E-state index in [2.05, 4.69) is 10.5 Å². The van der Waals surface area contributed by atoms with Crippen molar-refractivity contribution in [3.8, 4) is 17.2 Å². The van der Waals surface area contributed by atoms with Gasteiger partial charge in [0.1, 0.15) is 5.75 Å². The topological polar surface area (TPSA) is 80.2 Å². The summed E-state index contributed by atoms with van der Waals surface area (Å²) in [5.41, 5.74) is 3.15. The highest BCUT2D eigenvalue weighted by atomic mass is 35.5. The fourth-order valence-electron chi connectivity index (χ4n) is 1.99. The summed E-state index contributed by atoms with van der Waals surface area (Å²) >= 11 is 5.85. The second-order valence-corrected chi connectivity index (χ2v) is 5.55. The lowest BCUT2D eigenvalue weighted by Crippen LogP contribution is -2.17. The van der Waals surface area contributed by atoms with Crippen LogP contribution < -0.4 is 14.9 Å². The summed E-state index contributed by atoms with van der Waals surface area (Å²) in [5, 5.41) is 14.0. The molecule has 0 aliphatic carbocycles. The normalized spacial score (nSPS) is 10.7. The highest BCUT2D eigenvalue weighted by molar-refractivity contribution is 6.30. The lowest BCUT2D eigenvalue weighted by Gasteiger charge is -2.11. The van der Waals surface area contributed by atoms with Crippen LogP contribution in [0.5, 0.6) is 17.2 Å². The van der Waals surface area contributed by atoms with E-state index in [4.69, 9.17) is 21.1 Å². The number of carbonyl (C=O) groups excluding carboxylic acids is 1. The van der Waals surface area contributed by atoms with Gasteiger partial charge in [0.2, 0.25) is 0 Å². The maximum Gasteiger partial charge on any atom is 0.271 e. The molecular weight excluding hydrogens is 344 g/mol. The number of hydrazone groups is 1. The molecule has 1 amide bonds. The molecule has 7 heteroatoms. The molecule has 25 heavy (non-hydrogen) atoms. The van der Waals surface area contributed by atoms with E-state index in [0.29, 0.717) is 34.3 Å². The first-order valence-electron chi connectivity index (χ1n) is 7.68. The Morgan fingerprint density at radius 3 is 2.80 bits per heavy atom. The minimum atomic E-state index is -0.418. The third kappa shape index (κ3) is 5.12. The number of rotatable bonds is 7. The van der Waals surface area contributed by atoms with Gasteiger partial charge in [0.05, 0.1) is 19.9 Å². The lowest BCUT2D eigenvalue weighted by atomic mass is 10.2. The van der Waals surface area contributed by atoms with Crippen LogP contribution in [-0.2, 0) is 0 Å². The molecule has 0 unspecified atom stereocenters. The molecule has 0 bridgehead atoms. The summed E-state index contributed by atoms with van der Waals surface area (Å²) in [5.74, 6) is 0.644. The molecule has 2 rings (SSSR count). The van der Waals surface area contributed by atoms with Crippen molar-refractivity contribution >= 4 is 23.7 Å². The monoisotopic (exact) mass is 362 g/mol. The number of phenols is 1. The zero-order valence-electron chi connectivity index (χ0n) is 14.0. The lowest BCUT2D eigenvalue weighted by molar-refractivity contribution is 0.0954. The van der Waals surface area contributed by atoms with Crippen molar-refractivity contribution in [3.05, 3.63) is 52.5 Å². The number of phenolic OH excluding ortho intramolecular Hbond substituents is 1. The fraction of sp³-hybridized carbons (Fsp3) is 0.222. The summed E-state index contributed by atoms with van der Waals surface area (Å²) < 4.78 is 10.8. The fourth-order valence-corrected chi connectivity index (χ4v) is 2.17. The second-order valence-electron chi connectivity index (χ2n) is 5.12. The van der Waals surface area contributed by atoms with E-state index in [1.807, 2.05) is 6.92 Å². The Hall–Kier alpha value is -2.73. The first kappa shape index (κ1) is 18.6. The number of hydrogen-bond donors (Lipinski definition) is 2. The Labute approximate surface area is 151 Å². The smallest absolute Gasteiger partial charge is 0.271 e. The van der Waals surface area contributed by atoms with E-state index in [-0.39, 0.29) is 5.75 Å². The first-order chi connectivity index (χ1) is 12.0. The number of nitrogens with one attached hydrogen (secondary N) is 1. The van der Waals surface area contributed by atoms with Crippen LogP contribution in [0.3, 0.4) is 0 Å². The summed E-state index contributed by atoms with van der Waals surface area (Å²) in [6.07, 6.45) is 2.19. The van der Waals surface area contributed by atoms with Gasteiger partial charge < -0.3 is 14.6 Å². The molecule has 2 aromatic rings.